The van der Waals surface area contributed by atoms with E-state index in [9.17, 15) is 8.42 Å². The largest absolute Gasteiger partial charge is 0.290 e. The molecule has 1 fully saturated rings. The fourth-order valence-electron chi connectivity index (χ4n) is 2.71. The van der Waals surface area contributed by atoms with Crippen molar-refractivity contribution in [3.8, 4) is 12.3 Å². The van der Waals surface area contributed by atoms with Crippen molar-refractivity contribution in [3.63, 3.8) is 0 Å². The minimum Gasteiger partial charge on any atom is -0.290 e. The number of terminal acetylenes is 1. The third kappa shape index (κ3) is 2.71. The van der Waals surface area contributed by atoms with E-state index >= 15 is 0 Å². The number of benzene rings is 1. The van der Waals surface area contributed by atoms with Gasteiger partial charge in [-0.2, -0.15) is 4.31 Å². The summed E-state index contributed by atoms with van der Waals surface area (Å²) in [5.74, 6) is 2.60. The molecule has 114 valence electrons. The normalized spacial score (nSPS) is 17.4. The first kappa shape index (κ1) is 15.0. The summed E-state index contributed by atoms with van der Waals surface area (Å²) in [6.45, 7) is 2.82. The second kappa shape index (κ2) is 6.05. The van der Waals surface area contributed by atoms with E-state index in [1.807, 2.05) is 6.07 Å². The summed E-state index contributed by atoms with van der Waals surface area (Å²) in [5, 5.41) is 1.54. The molecule has 1 aromatic carbocycles. The van der Waals surface area contributed by atoms with Gasteiger partial charge in [-0.3, -0.25) is 9.88 Å². The Labute approximate surface area is 130 Å². The van der Waals surface area contributed by atoms with Crippen molar-refractivity contribution in [2.45, 2.75) is 4.90 Å². The number of aromatic nitrogens is 1. The number of piperazine rings is 1. The Balaban J connectivity index is 1.92. The van der Waals surface area contributed by atoms with Crippen LogP contribution in [-0.4, -0.2) is 55.3 Å². The third-order valence-corrected chi connectivity index (χ3v) is 5.86. The van der Waals surface area contributed by atoms with Gasteiger partial charge in [0.15, 0.2) is 0 Å². The van der Waals surface area contributed by atoms with Gasteiger partial charge in [-0.15, -0.1) is 6.42 Å². The van der Waals surface area contributed by atoms with E-state index in [1.54, 1.807) is 30.6 Å². The van der Waals surface area contributed by atoms with Crippen LogP contribution in [0.4, 0.5) is 0 Å². The van der Waals surface area contributed by atoms with Gasteiger partial charge < -0.3 is 0 Å². The second-order valence-electron chi connectivity index (χ2n) is 5.24. The Morgan fingerprint density at radius 1 is 1.18 bits per heavy atom. The third-order valence-electron chi connectivity index (χ3n) is 3.90. The van der Waals surface area contributed by atoms with E-state index in [1.165, 1.54) is 4.31 Å². The molecule has 0 spiro atoms. The lowest BCUT2D eigenvalue weighted by molar-refractivity contribution is 0.207. The van der Waals surface area contributed by atoms with Crippen molar-refractivity contribution in [2.75, 3.05) is 32.7 Å². The SMILES string of the molecule is C#CCN1CCN(S(=O)(=O)c2cccc3cnccc23)CC1. The molecule has 1 saturated heterocycles. The van der Waals surface area contributed by atoms with Crippen molar-refractivity contribution in [1.29, 1.82) is 0 Å². The van der Waals surface area contributed by atoms with Gasteiger partial charge in [-0.25, -0.2) is 8.42 Å². The number of sulfonamides is 1. The van der Waals surface area contributed by atoms with Gasteiger partial charge in [0.1, 0.15) is 0 Å². The van der Waals surface area contributed by atoms with Gasteiger partial charge in [0, 0.05) is 49.3 Å². The Morgan fingerprint density at radius 3 is 2.68 bits per heavy atom. The minimum atomic E-state index is -3.50. The Hall–Kier alpha value is -1.94. The molecule has 2 heterocycles. The quantitative estimate of drug-likeness (QED) is 0.798. The molecule has 0 aliphatic carbocycles. The van der Waals surface area contributed by atoms with Crippen LogP contribution < -0.4 is 0 Å². The molecule has 0 radical (unpaired) electrons. The van der Waals surface area contributed by atoms with Gasteiger partial charge in [-0.05, 0) is 12.1 Å². The molecule has 0 bridgehead atoms. The summed E-state index contributed by atoms with van der Waals surface area (Å²) in [6.07, 6.45) is 8.60. The highest BCUT2D eigenvalue weighted by Gasteiger charge is 2.29. The number of nitrogens with zero attached hydrogens (tertiary/aromatic N) is 3. The summed E-state index contributed by atoms with van der Waals surface area (Å²) < 4.78 is 27.4. The average molecular weight is 315 g/mol. The molecule has 6 heteroatoms. The molecule has 0 unspecified atom stereocenters. The summed E-state index contributed by atoms with van der Waals surface area (Å²) in [7, 11) is -3.50. The summed E-state index contributed by atoms with van der Waals surface area (Å²) in [6, 6.07) is 7.03. The Bertz CT molecular complexity index is 813. The number of hydrogen-bond donors (Lipinski definition) is 0. The lowest BCUT2D eigenvalue weighted by atomic mass is 10.2. The van der Waals surface area contributed by atoms with Crippen molar-refractivity contribution in [3.05, 3.63) is 36.7 Å². The monoisotopic (exact) mass is 315 g/mol. The fourth-order valence-corrected chi connectivity index (χ4v) is 4.35. The zero-order valence-corrected chi connectivity index (χ0v) is 13.0. The number of rotatable bonds is 3. The smallest absolute Gasteiger partial charge is 0.243 e. The first-order valence-corrected chi connectivity index (χ1v) is 8.55. The van der Waals surface area contributed by atoms with Crippen molar-refractivity contribution >= 4 is 20.8 Å². The van der Waals surface area contributed by atoms with E-state index in [0.29, 0.717) is 43.0 Å². The van der Waals surface area contributed by atoms with Crippen LogP contribution >= 0.6 is 0 Å². The van der Waals surface area contributed by atoms with Gasteiger partial charge in [0.05, 0.1) is 11.4 Å². The number of hydrogen-bond acceptors (Lipinski definition) is 4. The standard InChI is InChI=1S/C16H17N3O2S/c1-2-8-18-9-11-19(12-10-18)22(20,21)16-5-3-4-14-13-17-7-6-15(14)16/h1,3-7,13H,8-12H2. The molecule has 1 aliphatic rings. The zero-order valence-electron chi connectivity index (χ0n) is 12.1. The molecule has 1 aliphatic heterocycles. The molecule has 1 aromatic heterocycles. The van der Waals surface area contributed by atoms with Crippen LogP contribution in [0.3, 0.4) is 0 Å². The predicted molar refractivity (Wildman–Crippen MR) is 85.8 cm³/mol. The molecule has 5 nitrogen and oxygen atoms in total. The van der Waals surface area contributed by atoms with E-state index < -0.39 is 10.0 Å². The highest BCUT2D eigenvalue weighted by Crippen LogP contribution is 2.25. The van der Waals surface area contributed by atoms with Gasteiger partial charge >= 0.3 is 0 Å². The minimum absolute atomic E-state index is 0.345. The van der Waals surface area contributed by atoms with E-state index in [4.69, 9.17) is 6.42 Å². The van der Waals surface area contributed by atoms with Crippen molar-refractivity contribution < 1.29 is 8.42 Å². The summed E-state index contributed by atoms with van der Waals surface area (Å²) >= 11 is 0. The van der Waals surface area contributed by atoms with Crippen LogP contribution in [0, 0.1) is 12.3 Å². The maximum absolute atomic E-state index is 12.9. The maximum Gasteiger partial charge on any atom is 0.243 e. The Kier molecular flexibility index (Phi) is 4.12. The molecular formula is C16H17N3O2S. The highest BCUT2D eigenvalue weighted by molar-refractivity contribution is 7.89. The lowest BCUT2D eigenvalue weighted by Crippen LogP contribution is -2.48. The summed E-state index contributed by atoms with van der Waals surface area (Å²) in [5.41, 5.74) is 0. The van der Waals surface area contributed by atoms with Crippen LogP contribution in [-0.2, 0) is 10.0 Å². The van der Waals surface area contributed by atoms with E-state index in [0.717, 1.165) is 5.39 Å². The van der Waals surface area contributed by atoms with Gasteiger partial charge in [0.2, 0.25) is 10.0 Å². The molecule has 22 heavy (non-hydrogen) atoms. The topological polar surface area (TPSA) is 53.5 Å². The van der Waals surface area contributed by atoms with Gasteiger partial charge in [-0.1, -0.05) is 18.1 Å². The molecular weight excluding hydrogens is 298 g/mol. The van der Waals surface area contributed by atoms with E-state index in [2.05, 4.69) is 15.8 Å². The highest BCUT2D eigenvalue weighted by atomic mass is 32.2. The maximum atomic E-state index is 12.9. The Morgan fingerprint density at radius 2 is 1.95 bits per heavy atom. The number of pyridine rings is 1. The number of fused-ring (bicyclic) bond motifs is 1. The molecule has 0 N–H and O–H groups in total. The summed E-state index contributed by atoms with van der Waals surface area (Å²) in [4.78, 5) is 6.47. The van der Waals surface area contributed by atoms with E-state index in [-0.39, 0.29) is 0 Å². The molecule has 2 aromatic rings. The first-order valence-electron chi connectivity index (χ1n) is 7.11. The van der Waals surface area contributed by atoms with Crippen LogP contribution in [0.2, 0.25) is 0 Å². The second-order valence-corrected chi connectivity index (χ2v) is 7.14. The van der Waals surface area contributed by atoms with Crippen LogP contribution in [0.25, 0.3) is 10.8 Å². The van der Waals surface area contributed by atoms with Crippen LogP contribution in [0.1, 0.15) is 0 Å². The zero-order chi connectivity index (χ0) is 15.6. The average Bonchev–Trinajstić information content (AvgIpc) is 2.55. The van der Waals surface area contributed by atoms with Crippen LogP contribution in [0.5, 0.6) is 0 Å². The van der Waals surface area contributed by atoms with Crippen molar-refractivity contribution in [2.24, 2.45) is 0 Å². The first-order chi connectivity index (χ1) is 10.6. The lowest BCUT2D eigenvalue weighted by Gasteiger charge is -2.33. The fraction of sp³-hybridized carbons (Fsp3) is 0.312. The molecule has 0 saturated carbocycles. The molecule has 0 atom stereocenters. The van der Waals surface area contributed by atoms with Gasteiger partial charge in [0.25, 0.3) is 0 Å². The van der Waals surface area contributed by atoms with Crippen LogP contribution in [0.15, 0.2) is 41.6 Å². The molecule has 3 rings (SSSR count). The van der Waals surface area contributed by atoms with Crippen molar-refractivity contribution in [1.82, 2.24) is 14.2 Å². The molecule has 0 amide bonds. The predicted octanol–water partition coefficient (Wildman–Crippen LogP) is 1.17.